The molecule has 5 heteroatoms. The average molecular weight is 355 g/mol. The van der Waals surface area contributed by atoms with Crippen LogP contribution in [0.5, 0.6) is 11.5 Å². The maximum absolute atomic E-state index is 10.0. The van der Waals surface area contributed by atoms with Crippen LogP contribution in [0.25, 0.3) is 33.9 Å². The van der Waals surface area contributed by atoms with Gasteiger partial charge in [0.05, 0.1) is 7.11 Å². The third-order valence-corrected chi connectivity index (χ3v) is 4.25. The Hall–Kier alpha value is -3.73. The lowest BCUT2D eigenvalue weighted by molar-refractivity contribution is 0.415. The normalized spacial score (nSPS) is 10.6. The third-order valence-electron chi connectivity index (χ3n) is 4.25. The minimum Gasteiger partial charge on any atom is -0.508 e. The highest BCUT2D eigenvalue weighted by molar-refractivity contribution is 5.82. The van der Waals surface area contributed by atoms with E-state index in [-0.39, 0.29) is 5.75 Å². The molecule has 0 bridgehead atoms. The first-order chi connectivity index (χ1) is 13.2. The second-order valence-electron chi connectivity index (χ2n) is 5.96. The van der Waals surface area contributed by atoms with Crippen LogP contribution in [0, 0.1) is 0 Å². The van der Waals surface area contributed by atoms with E-state index < -0.39 is 0 Å². The Morgan fingerprint density at radius 3 is 2.22 bits per heavy atom. The van der Waals surface area contributed by atoms with Gasteiger partial charge < -0.3 is 9.84 Å². The summed E-state index contributed by atoms with van der Waals surface area (Å²) in [7, 11) is 1.63. The molecule has 0 aliphatic rings. The number of hydrogen-bond donors (Lipinski definition) is 1. The summed E-state index contributed by atoms with van der Waals surface area (Å²) in [4.78, 5) is 13.3. The van der Waals surface area contributed by atoms with Crippen molar-refractivity contribution in [2.24, 2.45) is 0 Å². The molecule has 1 N–H and O–H groups in total. The molecule has 0 saturated heterocycles. The van der Waals surface area contributed by atoms with Crippen LogP contribution in [-0.4, -0.2) is 27.2 Å². The minimum absolute atomic E-state index is 0.182. The van der Waals surface area contributed by atoms with Crippen LogP contribution in [0.15, 0.2) is 79.1 Å². The Labute approximate surface area is 157 Å². The van der Waals surface area contributed by atoms with Crippen molar-refractivity contribution in [1.82, 2.24) is 15.0 Å². The molecule has 5 nitrogen and oxygen atoms in total. The number of methoxy groups -OCH3 is 1. The van der Waals surface area contributed by atoms with Crippen molar-refractivity contribution < 1.29 is 9.84 Å². The Balaban J connectivity index is 1.82. The van der Waals surface area contributed by atoms with E-state index in [2.05, 4.69) is 15.0 Å². The number of benzene rings is 3. The van der Waals surface area contributed by atoms with Gasteiger partial charge in [0.2, 0.25) is 0 Å². The van der Waals surface area contributed by atoms with Crippen LogP contribution in [0.3, 0.4) is 0 Å². The van der Waals surface area contributed by atoms with Gasteiger partial charge in [-0.2, -0.15) is 0 Å². The number of aromatic nitrogens is 3. The molecule has 1 aromatic heterocycles. The van der Waals surface area contributed by atoms with Gasteiger partial charge in [-0.25, -0.2) is 15.0 Å². The zero-order chi connectivity index (χ0) is 18.6. The van der Waals surface area contributed by atoms with Gasteiger partial charge in [-0.05, 0) is 41.5 Å². The Morgan fingerprint density at radius 2 is 1.48 bits per heavy atom. The summed E-state index contributed by atoms with van der Waals surface area (Å²) in [5.74, 6) is 2.11. The zero-order valence-electron chi connectivity index (χ0n) is 14.7. The van der Waals surface area contributed by atoms with E-state index in [4.69, 9.17) is 4.74 Å². The van der Waals surface area contributed by atoms with E-state index in [1.165, 1.54) is 6.33 Å². The summed E-state index contributed by atoms with van der Waals surface area (Å²) in [5, 5.41) is 10.0. The third kappa shape index (κ3) is 3.48. The highest BCUT2D eigenvalue weighted by atomic mass is 16.5. The highest BCUT2D eigenvalue weighted by Crippen LogP contribution is 2.34. The van der Waals surface area contributed by atoms with Gasteiger partial charge in [-0.1, -0.05) is 42.5 Å². The molecular weight excluding hydrogens is 338 g/mol. The fraction of sp³-hybridized carbons (Fsp3) is 0.0455. The number of ether oxygens (including phenoxy) is 1. The van der Waals surface area contributed by atoms with E-state index >= 15 is 0 Å². The molecule has 4 aromatic rings. The standard InChI is InChI=1S/C22H17N3O2/c1-27-18-10-7-15(8-11-18)20-13-17(26)9-12-19(20)22-24-14-23-21(25-22)16-5-3-2-4-6-16/h2-14,26H,1H3. The molecule has 0 atom stereocenters. The van der Waals surface area contributed by atoms with Gasteiger partial charge in [0.15, 0.2) is 11.6 Å². The van der Waals surface area contributed by atoms with Crippen LogP contribution in [0.2, 0.25) is 0 Å². The van der Waals surface area contributed by atoms with E-state index in [9.17, 15) is 5.11 Å². The molecule has 0 fully saturated rings. The smallest absolute Gasteiger partial charge is 0.164 e. The lowest BCUT2D eigenvalue weighted by atomic mass is 9.98. The van der Waals surface area contributed by atoms with Crippen molar-refractivity contribution in [2.75, 3.05) is 7.11 Å². The van der Waals surface area contributed by atoms with E-state index in [1.807, 2.05) is 60.7 Å². The summed E-state index contributed by atoms with van der Waals surface area (Å²) in [5.41, 5.74) is 3.51. The van der Waals surface area contributed by atoms with Gasteiger partial charge in [0, 0.05) is 11.1 Å². The molecule has 132 valence electrons. The average Bonchev–Trinajstić information content (AvgIpc) is 2.74. The lowest BCUT2D eigenvalue weighted by Crippen LogP contribution is -1.96. The highest BCUT2D eigenvalue weighted by Gasteiger charge is 2.13. The molecular formula is C22H17N3O2. The topological polar surface area (TPSA) is 68.1 Å². The number of phenols is 1. The van der Waals surface area contributed by atoms with Crippen molar-refractivity contribution in [3.05, 3.63) is 79.1 Å². The molecule has 0 aliphatic heterocycles. The van der Waals surface area contributed by atoms with Crippen LogP contribution in [0.1, 0.15) is 0 Å². The summed E-state index contributed by atoms with van der Waals surface area (Å²) >= 11 is 0. The van der Waals surface area contributed by atoms with Crippen LogP contribution < -0.4 is 4.74 Å². The molecule has 0 aliphatic carbocycles. The maximum atomic E-state index is 10.0. The molecule has 0 radical (unpaired) electrons. The Kier molecular flexibility index (Phi) is 4.49. The van der Waals surface area contributed by atoms with Crippen molar-refractivity contribution >= 4 is 0 Å². The molecule has 4 rings (SSSR count). The summed E-state index contributed by atoms with van der Waals surface area (Å²) in [6.45, 7) is 0. The largest absolute Gasteiger partial charge is 0.508 e. The molecule has 0 amide bonds. The Morgan fingerprint density at radius 1 is 0.741 bits per heavy atom. The fourth-order valence-corrected chi connectivity index (χ4v) is 2.89. The van der Waals surface area contributed by atoms with Crippen molar-refractivity contribution in [3.63, 3.8) is 0 Å². The summed E-state index contributed by atoms with van der Waals surface area (Å²) in [6.07, 6.45) is 1.51. The second kappa shape index (κ2) is 7.25. The van der Waals surface area contributed by atoms with Gasteiger partial charge in [0.25, 0.3) is 0 Å². The van der Waals surface area contributed by atoms with Crippen LogP contribution >= 0.6 is 0 Å². The first-order valence-corrected chi connectivity index (χ1v) is 8.47. The molecule has 0 saturated carbocycles. The second-order valence-corrected chi connectivity index (χ2v) is 5.96. The lowest BCUT2D eigenvalue weighted by Gasteiger charge is -2.11. The Bertz CT molecular complexity index is 1060. The predicted molar refractivity (Wildman–Crippen MR) is 104 cm³/mol. The monoisotopic (exact) mass is 355 g/mol. The number of nitrogens with zero attached hydrogens (tertiary/aromatic N) is 3. The van der Waals surface area contributed by atoms with Crippen LogP contribution in [-0.2, 0) is 0 Å². The minimum atomic E-state index is 0.182. The van der Waals surface area contributed by atoms with Gasteiger partial charge in [0.1, 0.15) is 17.8 Å². The zero-order valence-corrected chi connectivity index (χ0v) is 14.7. The van der Waals surface area contributed by atoms with E-state index in [0.717, 1.165) is 28.0 Å². The fourth-order valence-electron chi connectivity index (χ4n) is 2.89. The molecule has 1 heterocycles. The van der Waals surface area contributed by atoms with E-state index in [0.29, 0.717) is 11.6 Å². The van der Waals surface area contributed by atoms with Gasteiger partial charge in [-0.15, -0.1) is 0 Å². The van der Waals surface area contributed by atoms with Crippen molar-refractivity contribution in [3.8, 4) is 45.4 Å². The SMILES string of the molecule is COc1ccc(-c2cc(O)ccc2-c2ncnc(-c3ccccc3)n2)cc1. The first-order valence-electron chi connectivity index (χ1n) is 8.47. The predicted octanol–water partition coefficient (Wildman–Crippen LogP) is 4.59. The summed E-state index contributed by atoms with van der Waals surface area (Å²) in [6, 6.07) is 22.6. The molecule has 3 aromatic carbocycles. The van der Waals surface area contributed by atoms with Gasteiger partial charge >= 0.3 is 0 Å². The summed E-state index contributed by atoms with van der Waals surface area (Å²) < 4.78 is 5.23. The van der Waals surface area contributed by atoms with Crippen molar-refractivity contribution in [1.29, 1.82) is 0 Å². The maximum Gasteiger partial charge on any atom is 0.164 e. The van der Waals surface area contributed by atoms with E-state index in [1.54, 1.807) is 19.2 Å². The first kappa shape index (κ1) is 16.7. The molecule has 27 heavy (non-hydrogen) atoms. The van der Waals surface area contributed by atoms with Gasteiger partial charge in [-0.3, -0.25) is 0 Å². The number of aromatic hydroxyl groups is 1. The quantitative estimate of drug-likeness (QED) is 0.580. The molecule has 0 spiro atoms. The van der Waals surface area contributed by atoms with Crippen LogP contribution in [0.4, 0.5) is 0 Å². The number of phenolic OH excluding ortho intramolecular Hbond substituents is 1. The number of rotatable bonds is 4. The molecule has 0 unspecified atom stereocenters. The van der Waals surface area contributed by atoms with Crippen molar-refractivity contribution in [2.45, 2.75) is 0 Å². The number of hydrogen-bond acceptors (Lipinski definition) is 5.